The number of alkyl halides is 3. The smallest absolute Gasteiger partial charge is 0.416 e. The number of carbonyl (C=O) groups excluding carboxylic acids is 2. The molecule has 3 aromatic rings. The van der Waals surface area contributed by atoms with Gasteiger partial charge in [-0.15, -0.1) is 0 Å². The van der Waals surface area contributed by atoms with Crippen LogP contribution in [-0.4, -0.2) is 57.6 Å². The predicted molar refractivity (Wildman–Crippen MR) is 159 cm³/mol. The van der Waals surface area contributed by atoms with Crippen LogP contribution in [0.2, 0.25) is 0 Å². The van der Waals surface area contributed by atoms with Crippen molar-refractivity contribution in [1.29, 1.82) is 0 Å². The van der Waals surface area contributed by atoms with E-state index in [-0.39, 0.29) is 18.7 Å². The largest absolute Gasteiger partial charge is 0.497 e. The second-order valence-corrected chi connectivity index (χ2v) is 11.9. The molecule has 0 heterocycles. The lowest BCUT2D eigenvalue weighted by Crippen LogP contribution is -2.53. The first-order valence-corrected chi connectivity index (χ1v) is 15.6. The van der Waals surface area contributed by atoms with Gasteiger partial charge in [0, 0.05) is 19.5 Å². The van der Waals surface area contributed by atoms with Crippen molar-refractivity contribution in [3.05, 3.63) is 95.6 Å². The molecule has 0 saturated carbocycles. The second-order valence-electron chi connectivity index (χ2n) is 10.0. The van der Waals surface area contributed by atoms with E-state index in [9.17, 15) is 31.2 Å². The minimum Gasteiger partial charge on any atom is -0.497 e. The van der Waals surface area contributed by atoms with Gasteiger partial charge in [-0.1, -0.05) is 61.9 Å². The van der Waals surface area contributed by atoms with E-state index in [1.54, 1.807) is 36.4 Å². The lowest BCUT2D eigenvalue weighted by molar-refractivity contribution is -0.140. The van der Waals surface area contributed by atoms with E-state index >= 15 is 0 Å². The minimum atomic E-state index is -4.72. The number of anilines is 1. The lowest BCUT2D eigenvalue weighted by atomic mass is 10.0. The standard InChI is InChI=1S/C31H36F3N3O5S/c1-4-5-17-35-30(39)28(19-23-11-7-6-8-12-23)36(21-24-13-9-16-27(18-24)42-2)29(38)22-37(43(3,40)41)26-15-10-14-25(20-26)31(32,33)34/h6-16,18,20,28H,4-5,17,19,21-22H2,1-3H3,(H,35,39)/t28-/m0/s1. The van der Waals surface area contributed by atoms with Crippen molar-refractivity contribution in [3.63, 3.8) is 0 Å². The molecular weight excluding hydrogens is 583 g/mol. The molecule has 1 atom stereocenters. The van der Waals surface area contributed by atoms with E-state index in [0.29, 0.717) is 34.7 Å². The number of carbonyl (C=O) groups is 2. The summed E-state index contributed by atoms with van der Waals surface area (Å²) in [6.45, 7) is 1.44. The van der Waals surface area contributed by atoms with Crippen molar-refractivity contribution < 1.29 is 35.9 Å². The van der Waals surface area contributed by atoms with Crippen LogP contribution in [0.3, 0.4) is 0 Å². The number of methoxy groups -OCH3 is 1. The fourth-order valence-electron chi connectivity index (χ4n) is 4.48. The van der Waals surface area contributed by atoms with Crippen molar-refractivity contribution in [2.75, 3.05) is 30.8 Å². The van der Waals surface area contributed by atoms with E-state index in [0.717, 1.165) is 30.4 Å². The third kappa shape index (κ3) is 9.74. The van der Waals surface area contributed by atoms with Crippen LogP contribution in [0.15, 0.2) is 78.9 Å². The molecule has 8 nitrogen and oxygen atoms in total. The average molecular weight is 620 g/mol. The van der Waals surface area contributed by atoms with Crippen LogP contribution in [0, 0.1) is 0 Å². The van der Waals surface area contributed by atoms with Gasteiger partial charge in [0.2, 0.25) is 21.8 Å². The van der Waals surface area contributed by atoms with Crippen LogP contribution < -0.4 is 14.4 Å². The Morgan fingerprint density at radius 1 is 0.953 bits per heavy atom. The summed E-state index contributed by atoms with van der Waals surface area (Å²) in [7, 11) is -2.73. The zero-order valence-corrected chi connectivity index (χ0v) is 25.1. The Bertz CT molecular complexity index is 1480. The first-order valence-electron chi connectivity index (χ1n) is 13.7. The van der Waals surface area contributed by atoms with Gasteiger partial charge in [0.05, 0.1) is 24.6 Å². The number of nitrogens with one attached hydrogen (secondary N) is 1. The summed E-state index contributed by atoms with van der Waals surface area (Å²) in [5, 5.41) is 2.87. The first-order chi connectivity index (χ1) is 20.3. The molecule has 0 aliphatic carbocycles. The number of rotatable bonds is 14. The van der Waals surface area contributed by atoms with Crippen LogP contribution in [0.1, 0.15) is 36.5 Å². The van der Waals surface area contributed by atoms with Crippen LogP contribution in [0.5, 0.6) is 5.75 Å². The Labute approximate surface area is 250 Å². The highest BCUT2D eigenvalue weighted by molar-refractivity contribution is 7.92. The SMILES string of the molecule is CCCCNC(=O)[C@H](Cc1ccccc1)N(Cc1cccc(OC)c1)C(=O)CN(c1cccc(C(F)(F)F)c1)S(C)(=O)=O. The van der Waals surface area contributed by atoms with Gasteiger partial charge >= 0.3 is 6.18 Å². The van der Waals surface area contributed by atoms with Crippen molar-refractivity contribution in [3.8, 4) is 5.75 Å². The molecule has 12 heteroatoms. The average Bonchev–Trinajstić information content (AvgIpc) is 2.97. The van der Waals surface area contributed by atoms with Crippen LogP contribution >= 0.6 is 0 Å². The number of benzene rings is 3. The number of nitrogens with zero attached hydrogens (tertiary/aromatic N) is 2. The highest BCUT2D eigenvalue weighted by atomic mass is 32.2. The summed E-state index contributed by atoms with van der Waals surface area (Å²) in [6, 6.07) is 18.6. The maximum Gasteiger partial charge on any atom is 0.416 e. The summed E-state index contributed by atoms with van der Waals surface area (Å²) in [4.78, 5) is 28.9. The molecule has 2 amide bonds. The van der Waals surface area contributed by atoms with Crippen LogP contribution in [0.25, 0.3) is 0 Å². The molecule has 0 aliphatic heterocycles. The van der Waals surface area contributed by atoms with Crippen molar-refractivity contribution in [2.24, 2.45) is 0 Å². The molecule has 3 aromatic carbocycles. The molecule has 0 fully saturated rings. The zero-order chi connectivity index (χ0) is 31.6. The quantitative estimate of drug-likeness (QED) is 0.255. The van der Waals surface area contributed by atoms with Crippen molar-refractivity contribution in [1.82, 2.24) is 10.2 Å². The normalized spacial score (nSPS) is 12.3. The number of amides is 2. The fourth-order valence-corrected chi connectivity index (χ4v) is 5.32. The number of unbranched alkanes of at least 4 members (excludes halogenated alkanes) is 1. The third-order valence-corrected chi connectivity index (χ3v) is 7.87. The maximum atomic E-state index is 14.1. The van der Waals surface area contributed by atoms with E-state index in [1.807, 2.05) is 25.1 Å². The van der Waals surface area contributed by atoms with Gasteiger partial charge in [0.15, 0.2) is 0 Å². The number of halogens is 3. The molecule has 0 saturated heterocycles. The first kappa shape index (κ1) is 33.4. The molecule has 232 valence electrons. The van der Waals surface area contributed by atoms with Crippen LogP contribution in [0.4, 0.5) is 18.9 Å². The molecule has 1 N–H and O–H groups in total. The monoisotopic (exact) mass is 619 g/mol. The highest BCUT2D eigenvalue weighted by Crippen LogP contribution is 2.32. The molecule has 0 radical (unpaired) electrons. The van der Waals surface area contributed by atoms with Gasteiger partial charge < -0.3 is 15.0 Å². The summed E-state index contributed by atoms with van der Waals surface area (Å²) in [6.07, 6.45) is -2.25. The molecule has 0 bridgehead atoms. The number of sulfonamides is 1. The summed E-state index contributed by atoms with van der Waals surface area (Å²) in [5.41, 5.74) is -0.00729. The predicted octanol–water partition coefficient (Wildman–Crippen LogP) is 5.04. The molecule has 43 heavy (non-hydrogen) atoms. The number of hydrogen-bond acceptors (Lipinski definition) is 5. The van der Waals surface area contributed by atoms with Crippen molar-refractivity contribution in [2.45, 2.75) is 44.9 Å². The molecule has 0 spiro atoms. The third-order valence-electron chi connectivity index (χ3n) is 6.73. The number of hydrogen-bond donors (Lipinski definition) is 1. The lowest BCUT2D eigenvalue weighted by Gasteiger charge is -2.33. The summed E-state index contributed by atoms with van der Waals surface area (Å²) < 4.78 is 72.0. The Kier molecular flexibility index (Phi) is 11.6. The van der Waals surface area contributed by atoms with Gasteiger partial charge in [-0.05, 0) is 47.9 Å². The Balaban J connectivity index is 2.07. The fraction of sp³-hybridized carbons (Fsp3) is 0.355. The van der Waals surface area contributed by atoms with Gasteiger partial charge in [-0.25, -0.2) is 8.42 Å². The van der Waals surface area contributed by atoms with E-state index in [4.69, 9.17) is 4.74 Å². The Morgan fingerprint density at radius 2 is 1.63 bits per heavy atom. The second kappa shape index (κ2) is 14.9. The van der Waals surface area contributed by atoms with Gasteiger partial charge in [0.1, 0.15) is 18.3 Å². The Hall–Kier alpha value is -4.06. The molecule has 0 aromatic heterocycles. The van der Waals surface area contributed by atoms with Gasteiger partial charge in [-0.3, -0.25) is 13.9 Å². The zero-order valence-electron chi connectivity index (χ0n) is 24.3. The van der Waals surface area contributed by atoms with Crippen LogP contribution in [-0.2, 0) is 38.8 Å². The summed E-state index contributed by atoms with van der Waals surface area (Å²) in [5.74, 6) is -0.686. The van der Waals surface area contributed by atoms with Gasteiger partial charge in [0.25, 0.3) is 0 Å². The molecule has 3 rings (SSSR count). The van der Waals surface area contributed by atoms with E-state index < -0.39 is 46.2 Å². The summed E-state index contributed by atoms with van der Waals surface area (Å²) >= 11 is 0. The van der Waals surface area contributed by atoms with E-state index in [2.05, 4.69) is 5.32 Å². The maximum absolute atomic E-state index is 14.1. The number of ether oxygens (including phenoxy) is 1. The molecule has 0 aliphatic rings. The Morgan fingerprint density at radius 3 is 2.26 bits per heavy atom. The van der Waals surface area contributed by atoms with E-state index in [1.165, 1.54) is 18.1 Å². The minimum absolute atomic E-state index is 0.0884. The molecule has 0 unspecified atom stereocenters. The molecular formula is C31H36F3N3O5S. The topological polar surface area (TPSA) is 96.0 Å². The van der Waals surface area contributed by atoms with Gasteiger partial charge in [-0.2, -0.15) is 13.2 Å². The highest BCUT2D eigenvalue weighted by Gasteiger charge is 2.35. The van der Waals surface area contributed by atoms with Crippen molar-refractivity contribution >= 4 is 27.5 Å².